The molecule has 0 radical (unpaired) electrons. The first-order valence-electron chi connectivity index (χ1n) is 11.2. The molecule has 0 aromatic heterocycles. The molecule has 7 nitrogen and oxygen atoms in total. The molecule has 2 rings (SSSR count). The van der Waals surface area contributed by atoms with Gasteiger partial charge < -0.3 is 21.3 Å². The minimum absolute atomic E-state index is 0.0579. The number of sulfonamides is 1. The van der Waals surface area contributed by atoms with Crippen LogP contribution in [0.25, 0.3) is 0 Å². The Balaban J connectivity index is 1.74. The Morgan fingerprint density at radius 1 is 1.00 bits per heavy atom. The molecule has 0 amide bonds. The van der Waals surface area contributed by atoms with Crippen LogP contribution < -0.4 is 15.8 Å². The number of hydrogen-bond acceptors (Lipinski definition) is 6. The zero-order valence-corrected chi connectivity index (χ0v) is 19.9. The molecule has 0 aliphatic heterocycles. The third kappa shape index (κ3) is 9.56. The van der Waals surface area contributed by atoms with Crippen molar-refractivity contribution in [2.75, 3.05) is 24.1 Å². The predicted molar refractivity (Wildman–Crippen MR) is 130 cm³/mol. The van der Waals surface area contributed by atoms with Gasteiger partial charge in [-0.2, -0.15) is 0 Å². The van der Waals surface area contributed by atoms with E-state index in [2.05, 4.69) is 41.2 Å². The van der Waals surface area contributed by atoms with E-state index in [-0.39, 0.29) is 17.5 Å². The van der Waals surface area contributed by atoms with Gasteiger partial charge in [-0.3, -0.25) is 4.72 Å². The van der Waals surface area contributed by atoms with Crippen LogP contribution in [0.15, 0.2) is 42.5 Å². The third-order valence-corrected chi connectivity index (χ3v) is 6.00. The number of phenolic OH excluding ortho intramolecular Hbond substituents is 1. The van der Waals surface area contributed by atoms with E-state index >= 15 is 0 Å². The number of nitrogens with one attached hydrogen (secondary N) is 2. The number of hydrogen-bond donors (Lipinski definition) is 5. The van der Waals surface area contributed by atoms with E-state index in [1.807, 2.05) is 0 Å². The summed E-state index contributed by atoms with van der Waals surface area (Å²) in [5.74, 6) is -0.184. The number of phenols is 1. The summed E-state index contributed by atoms with van der Waals surface area (Å²) in [6.45, 7) is 3.17. The second-order valence-corrected chi connectivity index (χ2v) is 10.2. The Hall–Kier alpha value is -2.13. The largest absolute Gasteiger partial charge is 0.506 e. The fraction of sp³-hybridized carbons (Fsp3) is 0.500. The van der Waals surface area contributed by atoms with Gasteiger partial charge in [0.05, 0.1) is 18.0 Å². The van der Waals surface area contributed by atoms with Crippen molar-refractivity contribution < 1.29 is 18.6 Å². The molecule has 2 aromatic carbocycles. The standard InChI is InChI=1S/C24H37N3O4S/c1-18(6-5-8-20-11-9-19(10-12-20)7-3-4-15-25)26-17-24(29)21-13-14-23(28)22(16-21)27-32(2,30)31/h9-14,16,18,24,26-29H,3-8,15,17,25H2,1-2H3. The fourth-order valence-electron chi connectivity index (χ4n) is 3.53. The van der Waals surface area contributed by atoms with Crippen LogP contribution in [0.2, 0.25) is 0 Å². The number of aromatic hydroxyl groups is 1. The number of benzene rings is 2. The number of aliphatic hydroxyl groups excluding tert-OH is 1. The first-order valence-corrected chi connectivity index (χ1v) is 13.1. The van der Waals surface area contributed by atoms with Gasteiger partial charge in [0.1, 0.15) is 5.75 Å². The van der Waals surface area contributed by atoms with E-state index in [1.54, 1.807) is 6.07 Å². The first kappa shape index (κ1) is 26.1. The van der Waals surface area contributed by atoms with Gasteiger partial charge in [-0.1, -0.05) is 30.3 Å². The van der Waals surface area contributed by atoms with Crippen LogP contribution in [0.3, 0.4) is 0 Å². The van der Waals surface area contributed by atoms with Gasteiger partial charge in [0.25, 0.3) is 0 Å². The van der Waals surface area contributed by atoms with Crippen LogP contribution in [0, 0.1) is 0 Å². The maximum atomic E-state index is 11.4. The molecule has 2 aromatic rings. The van der Waals surface area contributed by atoms with E-state index in [1.165, 1.54) is 23.3 Å². The third-order valence-electron chi connectivity index (χ3n) is 5.41. The quantitative estimate of drug-likeness (QED) is 0.217. The summed E-state index contributed by atoms with van der Waals surface area (Å²) in [6.07, 6.45) is 6.49. The Morgan fingerprint density at radius 3 is 2.22 bits per heavy atom. The number of aryl methyl sites for hydroxylation is 2. The van der Waals surface area contributed by atoms with Gasteiger partial charge in [-0.25, -0.2) is 8.42 Å². The van der Waals surface area contributed by atoms with E-state index in [0.717, 1.165) is 51.3 Å². The summed E-state index contributed by atoms with van der Waals surface area (Å²) in [5.41, 5.74) is 8.82. The molecule has 0 saturated carbocycles. The average Bonchev–Trinajstić information content (AvgIpc) is 2.74. The molecule has 2 unspecified atom stereocenters. The number of aliphatic hydroxyl groups is 1. The van der Waals surface area contributed by atoms with Crippen molar-refractivity contribution in [3.8, 4) is 5.75 Å². The highest BCUT2D eigenvalue weighted by molar-refractivity contribution is 7.92. The molecule has 6 N–H and O–H groups in total. The summed E-state index contributed by atoms with van der Waals surface area (Å²) in [4.78, 5) is 0. The van der Waals surface area contributed by atoms with E-state index < -0.39 is 16.1 Å². The lowest BCUT2D eigenvalue weighted by atomic mass is 10.0. The van der Waals surface area contributed by atoms with Crippen molar-refractivity contribution in [3.63, 3.8) is 0 Å². The summed E-state index contributed by atoms with van der Waals surface area (Å²) >= 11 is 0. The van der Waals surface area contributed by atoms with Crippen LogP contribution in [-0.4, -0.2) is 44.0 Å². The van der Waals surface area contributed by atoms with E-state index in [4.69, 9.17) is 5.73 Å². The van der Waals surface area contributed by atoms with Crippen molar-refractivity contribution in [1.82, 2.24) is 5.32 Å². The highest BCUT2D eigenvalue weighted by Crippen LogP contribution is 2.27. The van der Waals surface area contributed by atoms with Crippen LogP contribution in [0.4, 0.5) is 5.69 Å². The molecular formula is C24H37N3O4S. The maximum Gasteiger partial charge on any atom is 0.229 e. The summed E-state index contributed by atoms with van der Waals surface area (Å²) in [6, 6.07) is 13.4. The van der Waals surface area contributed by atoms with Gasteiger partial charge in [0.15, 0.2) is 0 Å². The van der Waals surface area contributed by atoms with Crippen LogP contribution in [0.5, 0.6) is 5.75 Å². The van der Waals surface area contributed by atoms with Gasteiger partial charge in [0, 0.05) is 12.6 Å². The van der Waals surface area contributed by atoms with Crippen molar-refractivity contribution in [3.05, 3.63) is 59.2 Å². The van der Waals surface area contributed by atoms with Crippen LogP contribution >= 0.6 is 0 Å². The summed E-state index contributed by atoms with van der Waals surface area (Å²) in [5, 5.41) is 23.6. The van der Waals surface area contributed by atoms with Crippen molar-refractivity contribution in [1.29, 1.82) is 0 Å². The lowest BCUT2D eigenvalue weighted by molar-refractivity contribution is 0.170. The Kier molecular flexibility index (Phi) is 10.4. The highest BCUT2D eigenvalue weighted by atomic mass is 32.2. The van der Waals surface area contributed by atoms with Crippen molar-refractivity contribution >= 4 is 15.7 Å². The molecule has 0 fully saturated rings. The summed E-state index contributed by atoms with van der Waals surface area (Å²) < 4.78 is 25.1. The lowest BCUT2D eigenvalue weighted by Crippen LogP contribution is -2.30. The van der Waals surface area contributed by atoms with Crippen LogP contribution in [0.1, 0.15) is 55.4 Å². The minimum Gasteiger partial charge on any atom is -0.506 e. The van der Waals surface area contributed by atoms with Gasteiger partial charge in [-0.05, 0) is 80.8 Å². The van der Waals surface area contributed by atoms with E-state index in [9.17, 15) is 18.6 Å². The van der Waals surface area contributed by atoms with Gasteiger partial charge in [0.2, 0.25) is 10.0 Å². The molecule has 0 spiro atoms. The van der Waals surface area contributed by atoms with Gasteiger partial charge >= 0.3 is 0 Å². The average molecular weight is 464 g/mol. The number of nitrogens with two attached hydrogens (primary N) is 1. The number of unbranched alkanes of at least 4 members (excludes halogenated alkanes) is 1. The molecular weight excluding hydrogens is 426 g/mol. The second-order valence-electron chi connectivity index (χ2n) is 8.43. The Bertz CT molecular complexity index is 933. The fourth-order valence-corrected chi connectivity index (χ4v) is 4.10. The molecule has 0 bridgehead atoms. The van der Waals surface area contributed by atoms with Crippen molar-refractivity contribution in [2.24, 2.45) is 5.73 Å². The summed E-state index contributed by atoms with van der Waals surface area (Å²) in [7, 11) is -3.52. The monoisotopic (exact) mass is 463 g/mol. The van der Waals surface area contributed by atoms with Crippen molar-refractivity contribution in [2.45, 2.75) is 57.6 Å². The normalized spacial score (nSPS) is 13.6. The zero-order valence-electron chi connectivity index (χ0n) is 19.0. The zero-order chi connectivity index (χ0) is 23.6. The predicted octanol–water partition coefficient (Wildman–Crippen LogP) is 3.08. The smallest absolute Gasteiger partial charge is 0.229 e. The maximum absolute atomic E-state index is 11.4. The van der Waals surface area contributed by atoms with Gasteiger partial charge in [-0.15, -0.1) is 0 Å². The topological polar surface area (TPSA) is 125 Å². The first-order chi connectivity index (χ1) is 15.2. The van der Waals surface area contributed by atoms with E-state index in [0.29, 0.717) is 12.1 Å². The van der Waals surface area contributed by atoms with Crippen LogP contribution in [-0.2, 0) is 22.9 Å². The Morgan fingerprint density at radius 2 is 1.62 bits per heavy atom. The molecule has 0 heterocycles. The highest BCUT2D eigenvalue weighted by Gasteiger charge is 2.14. The Labute approximate surface area is 192 Å². The SMILES string of the molecule is CC(CCCc1ccc(CCCCN)cc1)NCC(O)c1ccc(O)c(NS(C)(=O)=O)c1. The molecule has 0 aliphatic rings. The molecule has 0 aliphatic carbocycles. The number of rotatable bonds is 14. The lowest BCUT2D eigenvalue weighted by Gasteiger charge is -2.18. The number of anilines is 1. The molecule has 8 heteroatoms. The second kappa shape index (κ2) is 12.8. The molecule has 178 valence electrons. The molecule has 2 atom stereocenters. The molecule has 32 heavy (non-hydrogen) atoms. The molecule has 0 saturated heterocycles. The minimum atomic E-state index is -3.52.